The van der Waals surface area contributed by atoms with Gasteiger partial charge < -0.3 is 15.5 Å². The van der Waals surface area contributed by atoms with Crippen LogP contribution in [0.5, 0.6) is 11.5 Å². The molecule has 18 heavy (non-hydrogen) atoms. The van der Waals surface area contributed by atoms with Gasteiger partial charge in [0.05, 0.1) is 5.56 Å². The summed E-state index contributed by atoms with van der Waals surface area (Å²) < 4.78 is 1.07. The smallest absolute Gasteiger partial charge is 0.124 e. The zero-order valence-corrected chi connectivity index (χ0v) is 12.3. The number of rotatable bonds is 4. The zero-order chi connectivity index (χ0) is 13.1. The Balaban J connectivity index is 2.06. The van der Waals surface area contributed by atoms with E-state index in [0.29, 0.717) is 12.1 Å². The second kappa shape index (κ2) is 5.73. The Kier molecular flexibility index (Phi) is 4.27. The van der Waals surface area contributed by atoms with E-state index in [1.165, 1.54) is 4.88 Å². The summed E-state index contributed by atoms with van der Waals surface area (Å²) in [6.07, 6.45) is 0. The van der Waals surface area contributed by atoms with Gasteiger partial charge in [-0.25, -0.2) is 0 Å². The number of halogens is 1. The van der Waals surface area contributed by atoms with Crippen molar-refractivity contribution in [1.82, 2.24) is 5.32 Å². The summed E-state index contributed by atoms with van der Waals surface area (Å²) in [5.41, 5.74) is 0.535. The molecule has 1 unspecified atom stereocenters. The first-order valence-electron chi connectivity index (χ1n) is 5.55. The SMILES string of the molecule is CC(NCc1cc(Br)cs1)c1c(O)cccc1O. The van der Waals surface area contributed by atoms with Crippen LogP contribution in [0.3, 0.4) is 0 Å². The molecule has 0 saturated carbocycles. The van der Waals surface area contributed by atoms with Crippen molar-refractivity contribution in [3.8, 4) is 11.5 Å². The Morgan fingerprint density at radius 1 is 1.33 bits per heavy atom. The first kappa shape index (κ1) is 13.4. The standard InChI is InChI=1S/C13H14BrNO2S/c1-8(13-11(16)3-2-4-12(13)17)15-6-10-5-9(14)7-18-10/h2-5,7-8,15-17H,6H2,1H3. The summed E-state index contributed by atoms with van der Waals surface area (Å²) in [7, 11) is 0. The third kappa shape index (κ3) is 3.04. The van der Waals surface area contributed by atoms with Gasteiger partial charge >= 0.3 is 0 Å². The van der Waals surface area contributed by atoms with Gasteiger partial charge in [-0.15, -0.1) is 11.3 Å². The Morgan fingerprint density at radius 3 is 2.56 bits per heavy atom. The molecule has 2 rings (SSSR count). The molecule has 0 aliphatic carbocycles. The van der Waals surface area contributed by atoms with Crippen LogP contribution in [0, 0.1) is 0 Å². The molecule has 2 aromatic rings. The van der Waals surface area contributed by atoms with E-state index in [1.807, 2.05) is 12.3 Å². The van der Waals surface area contributed by atoms with E-state index in [2.05, 4.69) is 27.3 Å². The monoisotopic (exact) mass is 327 g/mol. The lowest BCUT2D eigenvalue weighted by Crippen LogP contribution is -2.17. The number of nitrogens with one attached hydrogen (secondary N) is 1. The van der Waals surface area contributed by atoms with Crippen molar-refractivity contribution in [1.29, 1.82) is 0 Å². The van der Waals surface area contributed by atoms with E-state index in [4.69, 9.17) is 0 Å². The number of benzene rings is 1. The lowest BCUT2D eigenvalue weighted by atomic mass is 10.1. The largest absolute Gasteiger partial charge is 0.507 e. The topological polar surface area (TPSA) is 52.5 Å². The quantitative estimate of drug-likeness (QED) is 0.801. The second-order valence-electron chi connectivity index (χ2n) is 4.04. The van der Waals surface area contributed by atoms with Gasteiger partial charge in [-0.05, 0) is 41.1 Å². The van der Waals surface area contributed by atoms with Crippen molar-refractivity contribution in [3.05, 3.63) is 44.6 Å². The van der Waals surface area contributed by atoms with Crippen LogP contribution >= 0.6 is 27.3 Å². The predicted molar refractivity (Wildman–Crippen MR) is 77.0 cm³/mol. The molecule has 0 fully saturated rings. The maximum atomic E-state index is 9.76. The fraction of sp³-hybridized carbons (Fsp3) is 0.231. The second-order valence-corrected chi connectivity index (χ2v) is 5.96. The third-order valence-electron chi connectivity index (χ3n) is 2.70. The summed E-state index contributed by atoms with van der Waals surface area (Å²) in [5.74, 6) is 0.227. The maximum absolute atomic E-state index is 9.76. The van der Waals surface area contributed by atoms with E-state index in [-0.39, 0.29) is 17.5 Å². The lowest BCUT2D eigenvalue weighted by molar-refractivity contribution is 0.418. The molecule has 1 aromatic heterocycles. The average molecular weight is 328 g/mol. The van der Waals surface area contributed by atoms with Crippen LogP contribution < -0.4 is 5.32 Å². The van der Waals surface area contributed by atoms with Gasteiger partial charge in [0.2, 0.25) is 0 Å². The number of aromatic hydroxyl groups is 2. The highest BCUT2D eigenvalue weighted by molar-refractivity contribution is 9.10. The Morgan fingerprint density at radius 2 is 2.00 bits per heavy atom. The van der Waals surface area contributed by atoms with Gasteiger partial charge in [0.25, 0.3) is 0 Å². The molecule has 1 heterocycles. The highest BCUT2D eigenvalue weighted by atomic mass is 79.9. The van der Waals surface area contributed by atoms with Gasteiger partial charge in [-0.1, -0.05) is 6.07 Å². The number of phenols is 2. The molecule has 1 aromatic carbocycles. The normalized spacial score (nSPS) is 12.6. The van der Waals surface area contributed by atoms with Crippen LogP contribution in [0.2, 0.25) is 0 Å². The molecule has 0 bridgehead atoms. The van der Waals surface area contributed by atoms with Crippen molar-refractivity contribution in [2.24, 2.45) is 0 Å². The van der Waals surface area contributed by atoms with Gasteiger partial charge in [-0.3, -0.25) is 0 Å². The van der Waals surface area contributed by atoms with Crippen LogP contribution in [0.15, 0.2) is 34.1 Å². The molecule has 0 radical (unpaired) electrons. The summed E-state index contributed by atoms with van der Waals surface area (Å²) in [6.45, 7) is 2.61. The van der Waals surface area contributed by atoms with E-state index in [1.54, 1.807) is 29.5 Å². The highest BCUT2D eigenvalue weighted by Gasteiger charge is 2.14. The molecule has 0 saturated heterocycles. The Hall–Kier alpha value is -1.04. The molecule has 0 aliphatic heterocycles. The van der Waals surface area contributed by atoms with Crippen LogP contribution in [0.1, 0.15) is 23.4 Å². The van der Waals surface area contributed by atoms with Gasteiger partial charge in [0.1, 0.15) is 11.5 Å². The number of phenolic OH excluding ortho intramolecular Hbond substituents is 2. The van der Waals surface area contributed by atoms with Gasteiger partial charge in [-0.2, -0.15) is 0 Å². The predicted octanol–water partition coefficient (Wildman–Crippen LogP) is 3.77. The van der Waals surface area contributed by atoms with Crippen molar-refractivity contribution < 1.29 is 10.2 Å². The molecule has 3 nitrogen and oxygen atoms in total. The number of hydrogen-bond donors (Lipinski definition) is 3. The Labute approximate surface area is 118 Å². The maximum Gasteiger partial charge on any atom is 0.124 e. The molecule has 5 heteroatoms. The minimum absolute atomic E-state index is 0.113. The van der Waals surface area contributed by atoms with E-state index >= 15 is 0 Å². The Bertz CT molecular complexity index is 521. The highest BCUT2D eigenvalue weighted by Crippen LogP contribution is 2.32. The minimum Gasteiger partial charge on any atom is -0.507 e. The minimum atomic E-state index is -0.118. The average Bonchev–Trinajstić information content (AvgIpc) is 2.72. The summed E-state index contributed by atoms with van der Waals surface area (Å²) >= 11 is 5.07. The summed E-state index contributed by atoms with van der Waals surface area (Å²) in [5, 5.41) is 24.8. The molecule has 96 valence electrons. The number of thiophene rings is 1. The molecule has 0 aliphatic rings. The summed E-state index contributed by atoms with van der Waals surface area (Å²) in [4.78, 5) is 1.20. The lowest BCUT2D eigenvalue weighted by Gasteiger charge is -2.16. The van der Waals surface area contributed by atoms with Crippen molar-refractivity contribution >= 4 is 27.3 Å². The molecule has 0 spiro atoms. The van der Waals surface area contributed by atoms with Crippen molar-refractivity contribution in [3.63, 3.8) is 0 Å². The van der Waals surface area contributed by atoms with E-state index in [9.17, 15) is 10.2 Å². The van der Waals surface area contributed by atoms with Crippen molar-refractivity contribution in [2.45, 2.75) is 19.5 Å². The number of hydrogen-bond acceptors (Lipinski definition) is 4. The summed E-state index contributed by atoms with van der Waals surface area (Å²) in [6, 6.07) is 6.71. The van der Waals surface area contributed by atoms with Crippen LogP contribution in [0.25, 0.3) is 0 Å². The van der Waals surface area contributed by atoms with Crippen LogP contribution in [-0.4, -0.2) is 10.2 Å². The molecule has 1 atom stereocenters. The zero-order valence-electron chi connectivity index (χ0n) is 9.85. The van der Waals surface area contributed by atoms with Crippen LogP contribution in [-0.2, 0) is 6.54 Å². The van der Waals surface area contributed by atoms with E-state index in [0.717, 1.165) is 4.47 Å². The molecular formula is C13H14BrNO2S. The molecule has 0 amide bonds. The first-order valence-corrected chi connectivity index (χ1v) is 7.22. The molecule has 3 N–H and O–H groups in total. The fourth-order valence-corrected chi connectivity index (χ4v) is 3.19. The van der Waals surface area contributed by atoms with Gasteiger partial charge in [0.15, 0.2) is 0 Å². The van der Waals surface area contributed by atoms with Gasteiger partial charge in [0, 0.05) is 27.3 Å². The van der Waals surface area contributed by atoms with Crippen LogP contribution in [0.4, 0.5) is 0 Å². The first-order chi connectivity index (χ1) is 8.58. The fourth-order valence-electron chi connectivity index (χ4n) is 1.79. The molecular weight excluding hydrogens is 314 g/mol. The third-order valence-corrected chi connectivity index (χ3v) is 4.39. The van der Waals surface area contributed by atoms with Crippen molar-refractivity contribution in [2.75, 3.05) is 0 Å². The van der Waals surface area contributed by atoms with E-state index < -0.39 is 0 Å².